The first kappa shape index (κ1) is 22.4. The van der Waals surface area contributed by atoms with Gasteiger partial charge in [-0.15, -0.1) is 0 Å². The number of anilines is 2. The summed E-state index contributed by atoms with van der Waals surface area (Å²) in [4.78, 5) is 33.6. The Morgan fingerprint density at radius 1 is 1.17 bits per heavy atom. The Bertz CT molecular complexity index is 1310. The highest BCUT2D eigenvalue weighted by atomic mass is 16.5. The Hall–Kier alpha value is -4.08. The number of amides is 1. The maximum Gasteiger partial charge on any atom is 0.358 e. The van der Waals surface area contributed by atoms with Crippen LogP contribution in [0.5, 0.6) is 0 Å². The van der Waals surface area contributed by atoms with Gasteiger partial charge in [-0.25, -0.2) is 9.78 Å². The predicted octanol–water partition coefficient (Wildman–Crippen LogP) is 3.78. The molecule has 0 unspecified atom stereocenters. The third kappa shape index (κ3) is 4.34. The number of esters is 1. The number of hydrogen-bond donors (Lipinski definition) is 2. The number of carbonyl (C=O) groups excluding carboxylic acids is 2. The minimum atomic E-state index is -0.453. The molecular formula is C26H29N7O3. The monoisotopic (exact) mass is 487 g/mol. The molecule has 1 saturated carbocycles. The molecule has 2 fully saturated rings. The van der Waals surface area contributed by atoms with Gasteiger partial charge in [0.15, 0.2) is 11.5 Å². The van der Waals surface area contributed by atoms with Crippen molar-refractivity contribution in [1.82, 2.24) is 24.6 Å². The molecule has 3 aliphatic rings. The lowest BCUT2D eigenvalue weighted by molar-refractivity contribution is 0.0519. The van der Waals surface area contributed by atoms with E-state index in [4.69, 9.17) is 4.74 Å². The fourth-order valence-electron chi connectivity index (χ4n) is 4.74. The molecule has 0 bridgehead atoms. The van der Waals surface area contributed by atoms with Crippen molar-refractivity contribution in [1.29, 1.82) is 0 Å². The summed E-state index contributed by atoms with van der Waals surface area (Å²) in [6.07, 6.45) is 8.15. The number of likely N-dealkylation sites (tertiary alicyclic amines) is 1. The van der Waals surface area contributed by atoms with Gasteiger partial charge in [0.1, 0.15) is 11.6 Å². The van der Waals surface area contributed by atoms with Crippen LogP contribution in [0.4, 0.5) is 11.5 Å². The number of carbonyl (C=O) groups is 2. The number of nitrogens with zero attached hydrogens (tertiary/aromatic N) is 5. The molecule has 3 aromatic rings. The molecule has 0 atom stereocenters. The fraction of sp³-hybridized carbons (Fsp3) is 0.385. The van der Waals surface area contributed by atoms with E-state index in [-0.39, 0.29) is 18.2 Å². The summed E-state index contributed by atoms with van der Waals surface area (Å²) in [7, 11) is 0. The third-order valence-corrected chi connectivity index (χ3v) is 6.82. The van der Waals surface area contributed by atoms with E-state index in [1.165, 1.54) is 12.8 Å². The van der Waals surface area contributed by atoms with Crippen LogP contribution in [0.15, 0.2) is 42.7 Å². The normalized spacial score (nSPS) is 17.1. The first-order valence-electron chi connectivity index (χ1n) is 12.5. The van der Waals surface area contributed by atoms with E-state index in [2.05, 4.69) is 20.5 Å². The molecule has 6 rings (SSSR count). The second kappa shape index (κ2) is 9.18. The molecular weight excluding hydrogens is 458 g/mol. The summed E-state index contributed by atoms with van der Waals surface area (Å²) < 4.78 is 7.02. The van der Waals surface area contributed by atoms with Gasteiger partial charge in [0.25, 0.3) is 5.91 Å². The van der Waals surface area contributed by atoms with Crippen LogP contribution in [0.2, 0.25) is 0 Å². The van der Waals surface area contributed by atoms with Crippen LogP contribution in [-0.2, 0) is 11.3 Å². The second-order valence-electron chi connectivity index (χ2n) is 9.43. The average molecular weight is 488 g/mol. The molecule has 0 radical (unpaired) electrons. The van der Waals surface area contributed by atoms with E-state index >= 15 is 0 Å². The molecule has 1 aromatic carbocycles. The Labute approximate surface area is 208 Å². The standard InChI is InChI=1S/C26H29N7O3/c1-2-36-26(35)21-14-33-23(27-21)15-32(16-24(33)28-22-13-20(29-30-22)17-5-6-17)19-9-7-18(8-10-19)25(34)31-11-3-4-12-31/h7-10,13-14,16-17H,2-6,11-12,15H2,1H3,(H2,28,29,30). The number of H-pyrrole nitrogens is 1. The van der Waals surface area contributed by atoms with Crippen molar-refractivity contribution in [2.75, 3.05) is 29.9 Å². The Balaban J connectivity index is 1.28. The highest BCUT2D eigenvalue weighted by Gasteiger charge is 2.27. The topological polar surface area (TPSA) is 108 Å². The molecule has 4 heterocycles. The van der Waals surface area contributed by atoms with Crippen LogP contribution >= 0.6 is 0 Å². The van der Waals surface area contributed by atoms with Gasteiger partial charge in [0.05, 0.1) is 13.2 Å². The maximum absolute atomic E-state index is 12.8. The van der Waals surface area contributed by atoms with Crippen molar-refractivity contribution >= 4 is 29.2 Å². The highest BCUT2D eigenvalue weighted by Crippen LogP contribution is 2.39. The number of nitrogens with one attached hydrogen (secondary N) is 2. The van der Waals surface area contributed by atoms with Crippen LogP contribution in [-0.4, -0.2) is 56.2 Å². The summed E-state index contributed by atoms with van der Waals surface area (Å²) >= 11 is 0. The van der Waals surface area contributed by atoms with E-state index in [9.17, 15) is 9.59 Å². The summed E-state index contributed by atoms with van der Waals surface area (Å²) in [5.41, 5.74) is 2.99. The van der Waals surface area contributed by atoms with E-state index in [0.29, 0.717) is 35.5 Å². The smallest absolute Gasteiger partial charge is 0.358 e. The Morgan fingerprint density at radius 2 is 1.94 bits per heavy atom. The highest BCUT2D eigenvalue weighted by molar-refractivity contribution is 5.94. The Kier molecular flexibility index (Phi) is 5.71. The van der Waals surface area contributed by atoms with Gasteiger partial charge in [0.2, 0.25) is 0 Å². The quantitative estimate of drug-likeness (QED) is 0.488. The molecule has 10 heteroatoms. The van der Waals surface area contributed by atoms with Gasteiger partial charge >= 0.3 is 5.97 Å². The largest absolute Gasteiger partial charge is 0.461 e. The number of fused-ring (bicyclic) bond motifs is 1. The number of hydrogen-bond acceptors (Lipinski definition) is 7. The molecule has 2 aromatic heterocycles. The molecule has 2 N–H and O–H groups in total. The molecule has 1 aliphatic carbocycles. The molecule has 10 nitrogen and oxygen atoms in total. The summed E-state index contributed by atoms with van der Waals surface area (Å²) in [6, 6.07) is 9.67. The van der Waals surface area contributed by atoms with Crippen LogP contribution in [0, 0.1) is 0 Å². The van der Waals surface area contributed by atoms with E-state index in [0.717, 1.165) is 37.3 Å². The van der Waals surface area contributed by atoms with Gasteiger partial charge in [-0.2, -0.15) is 5.10 Å². The van der Waals surface area contributed by atoms with Crippen molar-refractivity contribution in [3.63, 3.8) is 0 Å². The van der Waals surface area contributed by atoms with Crippen LogP contribution in [0.3, 0.4) is 0 Å². The maximum atomic E-state index is 12.8. The molecule has 0 spiro atoms. The minimum Gasteiger partial charge on any atom is -0.461 e. The lowest BCUT2D eigenvalue weighted by Crippen LogP contribution is -2.28. The number of aromatic nitrogens is 4. The molecule has 186 valence electrons. The van der Waals surface area contributed by atoms with Crippen molar-refractivity contribution in [2.24, 2.45) is 0 Å². The number of imidazole rings is 1. The van der Waals surface area contributed by atoms with Gasteiger partial charge in [0, 0.05) is 54.4 Å². The van der Waals surface area contributed by atoms with Crippen molar-refractivity contribution in [2.45, 2.75) is 45.1 Å². The average Bonchev–Trinajstić information content (AvgIpc) is 3.28. The predicted molar refractivity (Wildman–Crippen MR) is 134 cm³/mol. The van der Waals surface area contributed by atoms with Crippen LogP contribution < -0.4 is 10.2 Å². The van der Waals surface area contributed by atoms with Gasteiger partial charge in [-0.1, -0.05) is 0 Å². The zero-order chi connectivity index (χ0) is 24.6. The number of benzene rings is 1. The zero-order valence-corrected chi connectivity index (χ0v) is 20.2. The Morgan fingerprint density at radius 3 is 2.67 bits per heavy atom. The van der Waals surface area contributed by atoms with E-state index in [1.54, 1.807) is 13.1 Å². The van der Waals surface area contributed by atoms with Gasteiger partial charge < -0.3 is 19.9 Å². The van der Waals surface area contributed by atoms with Crippen molar-refractivity contribution < 1.29 is 14.3 Å². The summed E-state index contributed by atoms with van der Waals surface area (Å²) in [6.45, 7) is 4.17. The number of aromatic amines is 1. The van der Waals surface area contributed by atoms with Crippen molar-refractivity contribution in [3.05, 3.63) is 65.5 Å². The van der Waals surface area contributed by atoms with E-state index in [1.807, 2.05) is 50.9 Å². The lowest BCUT2D eigenvalue weighted by atomic mass is 10.1. The SMILES string of the molecule is CCOC(=O)c1cn2c(n1)CN(c1ccc(C(=O)N3CCCC3)cc1)C=C2Nc1cc(C2CC2)[nH]n1. The molecule has 36 heavy (non-hydrogen) atoms. The van der Waals surface area contributed by atoms with Gasteiger partial charge in [-0.05, 0) is 56.9 Å². The zero-order valence-electron chi connectivity index (χ0n) is 20.2. The van der Waals surface area contributed by atoms with Gasteiger partial charge in [-0.3, -0.25) is 14.5 Å². The first-order valence-corrected chi connectivity index (χ1v) is 12.5. The number of ether oxygens (including phenoxy) is 1. The lowest BCUT2D eigenvalue weighted by Gasteiger charge is -2.28. The minimum absolute atomic E-state index is 0.0789. The van der Waals surface area contributed by atoms with Crippen molar-refractivity contribution in [3.8, 4) is 0 Å². The summed E-state index contributed by atoms with van der Waals surface area (Å²) in [5.74, 6) is 2.30. The molecule has 1 amide bonds. The fourth-order valence-corrected chi connectivity index (χ4v) is 4.74. The van der Waals surface area contributed by atoms with Crippen LogP contribution in [0.25, 0.3) is 5.82 Å². The first-order chi connectivity index (χ1) is 17.6. The second-order valence-corrected chi connectivity index (χ2v) is 9.43. The summed E-state index contributed by atoms with van der Waals surface area (Å²) in [5, 5.41) is 10.9. The third-order valence-electron chi connectivity index (χ3n) is 6.82. The number of rotatable bonds is 7. The van der Waals surface area contributed by atoms with E-state index < -0.39 is 5.97 Å². The van der Waals surface area contributed by atoms with Crippen LogP contribution in [0.1, 0.15) is 70.9 Å². The molecule has 1 saturated heterocycles. The molecule has 2 aliphatic heterocycles.